The molecule has 6 heteroatoms. The van der Waals surface area contributed by atoms with Gasteiger partial charge in [0.1, 0.15) is 24.2 Å². The number of unbranched alkanes of at least 4 members (excludes halogenated alkanes) is 14. The number of rotatable bonds is 26. The van der Waals surface area contributed by atoms with Gasteiger partial charge in [0.15, 0.2) is 0 Å². The van der Waals surface area contributed by atoms with E-state index in [1.807, 2.05) is 48.5 Å². The third-order valence-electron chi connectivity index (χ3n) is 9.23. The second-order valence-corrected chi connectivity index (χ2v) is 13.4. The first kappa shape index (κ1) is 38.9. The number of esters is 1. The van der Waals surface area contributed by atoms with Crippen molar-refractivity contribution in [2.45, 2.75) is 161 Å². The van der Waals surface area contributed by atoms with Gasteiger partial charge in [-0.1, -0.05) is 128 Å². The van der Waals surface area contributed by atoms with Crippen LogP contribution in [0.1, 0.15) is 153 Å². The van der Waals surface area contributed by atoms with Gasteiger partial charge in [-0.05, 0) is 67.5 Å². The molecular weight excluding hydrogens is 588 g/mol. The summed E-state index contributed by atoms with van der Waals surface area (Å²) in [6.07, 6.45) is 21.7. The molecule has 47 heavy (non-hydrogen) atoms. The molecule has 0 spiro atoms. The number of aryl methyl sites for hydroxylation is 1. The fourth-order valence-electron chi connectivity index (χ4n) is 6.15. The predicted molar refractivity (Wildman–Crippen MR) is 191 cm³/mol. The molecule has 1 saturated heterocycles. The van der Waals surface area contributed by atoms with Crippen molar-refractivity contribution in [3.05, 3.63) is 59.7 Å². The minimum atomic E-state index is -0.646. The highest BCUT2D eigenvalue weighted by molar-refractivity contribution is 5.69. The van der Waals surface area contributed by atoms with E-state index in [1.165, 1.54) is 89.9 Å². The SMILES string of the molecule is CCCCCCCCCCCCCCOc1ccc(CCC(=O)OC[C@H]2O[C@@H](c3ccc(OCCCCCC)cc3)CC[C@@H]2O)cc1. The van der Waals surface area contributed by atoms with Gasteiger partial charge >= 0.3 is 5.97 Å². The molecule has 0 radical (unpaired) electrons. The summed E-state index contributed by atoms with van der Waals surface area (Å²) in [6.45, 7) is 6.02. The van der Waals surface area contributed by atoms with Gasteiger partial charge in [-0.3, -0.25) is 4.79 Å². The van der Waals surface area contributed by atoms with E-state index in [0.29, 0.717) is 12.8 Å². The van der Waals surface area contributed by atoms with E-state index in [-0.39, 0.29) is 25.1 Å². The van der Waals surface area contributed by atoms with E-state index < -0.39 is 12.2 Å². The zero-order chi connectivity index (χ0) is 33.4. The van der Waals surface area contributed by atoms with Gasteiger partial charge in [0.05, 0.1) is 25.4 Å². The molecule has 264 valence electrons. The number of hydrogen-bond donors (Lipinski definition) is 1. The Bertz CT molecular complexity index is 1050. The lowest BCUT2D eigenvalue weighted by Gasteiger charge is -2.33. The largest absolute Gasteiger partial charge is 0.494 e. The minimum absolute atomic E-state index is 0.0569. The molecule has 1 N–H and O–H groups in total. The molecule has 0 unspecified atom stereocenters. The average molecular weight is 653 g/mol. The molecule has 3 rings (SSSR count). The number of aliphatic hydroxyl groups is 1. The lowest BCUT2D eigenvalue weighted by molar-refractivity contribution is -0.165. The number of aliphatic hydroxyl groups excluding tert-OH is 1. The topological polar surface area (TPSA) is 74.2 Å². The normalized spacial score (nSPS) is 17.8. The summed E-state index contributed by atoms with van der Waals surface area (Å²) in [5, 5.41) is 10.5. The third kappa shape index (κ3) is 16.9. The Morgan fingerprint density at radius 2 is 1.17 bits per heavy atom. The molecule has 0 aliphatic carbocycles. The number of hydrogen-bond acceptors (Lipinski definition) is 6. The van der Waals surface area contributed by atoms with Crippen LogP contribution >= 0.6 is 0 Å². The Kier molecular flexibility index (Phi) is 20.3. The van der Waals surface area contributed by atoms with Gasteiger partial charge in [0.2, 0.25) is 0 Å². The summed E-state index contributed by atoms with van der Waals surface area (Å²) in [5.41, 5.74) is 2.12. The molecule has 2 aromatic rings. The molecular formula is C41H64O6. The van der Waals surface area contributed by atoms with Gasteiger partial charge < -0.3 is 24.1 Å². The monoisotopic (exact) mass is 652 g/mol. The van der Waals surface area contributed by atoms with Crippen LogP contribution in [0.5, 0.6) is 11.5 Å². The maximum absolute atomic E-state index is 12.5. The second kappa shape index (κ2) is 24.6. The van der Waals surface area contributed by atoms with E-state index >= 15 is 0 Å². The molecule has 1 fully saturated rings. The van der Waals surface area contributed by atoms with Crippen LogP contribution in [0.25, 0.3) is 0 Å². The smallest absolute Gasteiger partial charge is 0.306 e. The second-order valence-electron chi connectivity index (χ2n) is 13.4. The number of carbonyl (C=O) groups is 1. The first-order valence-corrected chi connectivity index (χ1v) is 19.0. The van der Waals surface area contributed by atoms with Gasteiger partial charge in [-0.15, -0.1) is 0 Å². The highest BCUT2D eigenvalue weighted by Gasteiger charge is 2.31. The first-order chi connectivity index (χ1) is 23.1. The quantitative estimate of drug-likeness (QED) is 0.0805. The standard InChI is InChI=1S/C41H64O6/c1-3-5-7-9-10-11-12-13-14-15-16-18-32-44-36-24-19-34(20-25-36)21-30-41(43)46-33-40-38(42)28-29-39(47-40)35-22-26-37(27-23-35)45-31-17-8-6-4-2/h19-20,22-27,38-40,42H,3-18,21,28-33H2,1-2H3/t38-,39+,40+/m0/s1. The summed E-state index contributed by atoms with van der Waals surface area (Å²) in [6, 6.07) is 16.0. The molecule has 6 nitrogen and oxygen atoms in total. The van der Waals surface area contributed by atoms with Gasteiger partial charge in [-0.25, -0.2) is 0 Å². The molecule has 1 aliphatic heterocycles. The van der Waals surface area contributed by atoms with Crippen molar-refractivity contribution in [2.24, 2.45) is 0 Å². The van der Waals surface area contributed by atoms with E-state index in [0.717, 1.165) is 55.1 Å². The number of ether oxygens (including phenoxy) is 4. The van der Waals surface area contributed by atoms with Crippen LogP contribution in [0, 0.1) is 0 Å². The maximum Gasteiger partial charge on any atom is 0.306 e. The van der Waals surface area contributed by atoms with Crippen LogP contribution < -0.4 is 9.47 Å². The Balaban J connectivity index is 1.24. The Hall–Kier alpha value is -2.57. The predicted octanol–water partition coefficient (Wildman–Crippen LogP) is 10.5. The third-order valence-corrected chi connectivity index (χ3v) is 9.23. The molecule has 0 saturated carbocycles. The summed E-state index contributed by atoms with van der Waals surface area (Å²) in [4.78, 5) is 12.5. The lowest BCUT2D eigenvalue weighted by Crippen LogP contribution is -2.39. The molecule has 0 bridgehead atoms. The van der Waals surface area contributed by atoms with Crippen molar-refractivity contribution in [3.63, 3.8) is 0 Å². The number of carbonyl (C=O) groups excluding carboxylic acids is 1. The van der Waals surface area contributed by atoms with Crippen molar-refractivity contribution in [1.29, 1.82) is 0 Å². The Morgan fingerprint density at radius 3 is 1.72 bits per heavy atom. The van der Waals surface area contributed by atoms with Crippen LogP contribution in [-0.2, 0) is 20.7 Å². The van der Waals surface area contributed by atoms with E-state index in [4.69, 9.17) is 18.9 Å². The van der Waals surface area contributed by atoms with E-state index in [2.05, 4.69) is 13.8 Å². The van der Waals surface area contributed by atoms with E-state index in [9.17, 15) is 9.90 Å². The molecule has 3 atom stereocenters. The summed E-state index contributed by atoms with van der Waals surface area (Å²) in [7, 11) is 0. The van der Waals surface area contributed by atoms with Crippen LogP contribution in [0.15, 0.2) is 48.5 Å². The fraction of sp³-hybridized carbons (Fsp3) is 0.683. The highest BCUT2D eigenvalue weighted by Crippen LogP contribution is 2.32. The fourth-order valence-corrected chi connectivity index (χ4v) is 6.15. The molecule has 0 aromatic heterocycles. The van der Waals surface area contributed by atoms with E-state index in [1.54, 1.807) is 0 Å². The molecule has 1 heterocycles. The van der Waals surface area contributed by atoms with Crippen molar-refractivity contribution in [1.82, 2.24) is 0 Å². The molecule has 0 amide bonds. The van der Waals surface area contributed by atoms with Crippen molar-refractivity contribution >= 4 is 5.97 Å². The molecule has 1 aliphatic rings. The highest BCUT2D eigenvalue weighted by atomic mass is 16.6. The van der Waals surface area contributed by atoms with Crippen LogP contribution in [0.4, 0.5) is 0 Å². The van der Waals surface area contributed by atoms with Crippen LogP contribution in [0.3, 0.4) is 0 Å². The minimum Gasteiger partial charge on any atom is -0.494 e. The van der Waals surface area contributed by atoms with Gasteiger partial charge in [-0.2, -0.15) is 0 Å². The van der Waals surface area contributed by atoms with Crippen molar-refractivity contribution < 1.29 is 28.8 Å². The number of benzene rings is 2. The van der Waals surface area contributed by atoms with Crippen molar-refractivity contribution in [3.8, 4) is 11.5 Å². The van der Waals surface area contributed by atoms with Crippen molar-refractivity contribution in [2.75, 3.05) is 19.8 Å². The van der Waals surface area contributed by atoms with Gasteiger partial charge in [0.25, 0.3) is 0 Å². The zero-order valence-corrected chi connectivity index (χ0v) is 29.6. The Morgan fingerprint density at radius 1 is 0.681 bits per heavy atom. The van der Waals surface area contributed by atoms with Crippen LogP contribution in [0.2, 0.25) is 0 Å². The molecule has 2 aromatic carbocycles. The summed E-state index contributed by atoms with van der Waals surface area (Å²) in [5.74, 6) is 1.46. The lowest BCUT2D eigenvalue weighted by atomic mass is 9.96. The summed E-state index contributed by atoms with van der Waals surface area (Å²) >= 11 is 0. The van der Waals surface area contributed by atoms with Gasteiger partial charge in [0, 0.05) is 6.42 Å². The van der Waals surface area contributed by atoms with Crippen LogP contribution in [-0.4, -0.2) is 43.1 Å². The summed E-state index contributed by atoms with van der Waals surface area (Å²) < 4.78 is 23.5. The maximum atomic E-state index is 12.5. The first-order valence-electron chi connectivity index (χ1n) is 19.0. The zero-order valence-electron chi connectivity index (χ0n) is 29.6. The average Bonchev–Trinajstić information content (AvgIpc) is 3.09. The Labute approximate surface area is 285 Å².